The number of rotatable bonds is 1. The molecule has 0 saturated carbocycles. The van der Waals surface area contributed by atoms with E-state index in [1.165, 1.54) is 22.1 Å². The fourth-order valence-corrected chi connectivity index (χ4v) is 2.11. The molecule has 0 amide bonds. The van der Waals surface area contributed by atoms with Crippen LogP contribution in [-0.4, -0.2) is 12.0 Å². The van der Waals surface area contributed by atoms with Crippen LogP contribution in [0.15, 0.2) is 18.2 Å². The Balaban J connectivity index is 2.85. The minimum Gasteiger partial charge on any atom is -0.373 e. The van der Waals surface area contributed by atoms with Crippen molar-refractivity contribution in [2.75, 3.05) is 12.4 Å². The number of hydrogen-bond donors (Lipinski definition) is 1. The fourth-order valence-electron chi connectivity index (χ4n) is 2.11. The van der Waals surface area contributed by atoms with E-state index in [2.05, 4.69) is 49.3 Å². The highest BCUT2D eigenvalue weighted by Crippen LogP contribution is 2.24. The van der Waals surface area contributed by atoms with Gasteiger partial charge in [-0.15, -0.1) is 0 Å². The smallest absolute Gasteiger partial charge is 0.126 e. The topological polar surface area (TPSA) is 24.9 Å². The van der Waals surface area contributed by atoms with Crippen molar-refractivity contribution in [1.29, 1.82) is 0 Å². The van der Waals surface area contributed by atoms with Crippen molar-refractivity contribution >= 4 is 16.7 Å². The molecule has 78 valence electrons. The van der Waals surface area contributed by atoms with Gasteiger partial charge >= 0.3 is 0 Å². The molecule has 1 aromatic carbocycles. The molecule has 0 aliphatic heterocycles. The van der Waals surface area contributed by atoms with E-state index in [0.29, 0.717) is 0 Å². The molecule has 1 N–H and O–H groups in total. The first-order chi connectivity index (χ1) is 7.11. The van der Waals surface area contributed by atoms with Crippen molar-refractivity contribution in [2.45, 2.75) is 20.8 Å². The molecule has 0 saturated heterocycles. The Kier molecular flexibility index (Phi) is 2.35. The van der Waals surface area contributed by atoms with E-state index in [9.17, 15) is 0 Å². The van der Waals surface area contributed by atoms with Crippen molar-refractivity contribution in [1.82, 2.24) is 4.98 Å². The average Bonchev–Trinajstić information content (AvgIpc) is 2.15. The summed E-state index contributed by atoms with van der Waals surface area (Å²) in [6.07, 6.45) is 0. The third kappa shape index (κ3) is 1.67. The lowest BCUT2D eigenvalue weighted by atomic mass is 10.0. The monoisotopic (exact) mass is 200 g/mol. The molecule has 0 spiro atoms. The van der Waals surface area contributed by atoms with Gasteiger partial charge in [0, 0.05) is 12.4 Å². The maximum Gasteiger partial charge on any atom is 0.126 e. The second kappa shape index (κ2) is 3.54. The molecule has 2 rings (SSSR count). The van der Waals surface area contributed by atoms with Crippen molar-refractivity contribution in [3.63, 3.8) is 0 Å². The van der Waals surface area contributed by atoms with Gasteiger partial charge in [-0.05, 0) is 49.6 Å². The summed E-state index contributed by atoms with van der Waals surface area (Å²) in [6.45, 7) is 6.38. The van der Waals surface area contributed by atoms with Gasteiger partial charge in [-0.2, -0.15) is 0 Å². The van der Waals surface area contributed by atoms with Crippen molar-refractivity contribution in [3.05, 3.63) is 34.9 Å². The number of benzene rings is 1. The number of pyridine rings is 1. The Bertz CT molecular complexity index is 515. The van der Waals surface area contributed by atoms with Crippen LogP contribution in [-0.2, 0) is 0 Å². The third-order valence-corrected chi connectivity index (χ3v) is 2.70. The summed E-state index contributed by atoms with van der Waals surface area (Å²) in [6, 6.07) is 6.43. The molecule has 0 radical (unpaired) electrons. The number of nitrogens with zero attached hydrogens (tertiary/aromatic N) is 1. The van der Waals surface area contributed by atoms with Gasteiger partial charge in [-0.1, -0.05) is 6.07 Å². The van der Waals surface area contributed by atoms with Crippen molar-refractivity contribution in [3.8, 4) is 0 Å². The molecule has 1 aromatic heterocycles. The molecule has 2 heteroatoms. The summed E-state index contributed by atoms with van der Waals surface area (Å²) in [5.41, 5.74) is 4.93. The highest BCUT2D eigenvalue weighted by molar-refractivity contribution is 5.87. The van der Waals surface area contributed by atoms with E-state index in [4.69, 9.17) is 0 Å². The van der Waals surface area contributed by atoms with E-state index >= 15 is 0 Å². The SMILES string of the molecule is CNc1cc(C)c2c(C)cc(C)cc2n1. The average molecular weight is 200 g/mol. The van der Waals surface area contributed by atoms with Crippen LogP contribution in [0.5, 0.6) is 0 Å². The third-order valence-electron chi connectivity index (χ3n) is 2.70. The Morgan fingerprint density at radius 3 is 2.33 bits per heavy atom. The second-order valence-corrected chi connectivity index (χ2v) is 4.05. The van der Waals surface area contributed by atoms with Crippen LogP contribution >= 0.6 is 0 Å². The van der Waals surface area contributed by atoms with Crippen LogP contribution in [0, 0.1) is 20.8 Å². The quantitative estimate of drug-likeness (QED) is 0.764. The maximum atomic E-state index is 4.57. The zero-order chi connectivity index (χ0) is 11.0. The van der Waals surface area contributed by atoms with Crippen LogP contribution in [0.3, 0.4) is 0 Å². The second-order valence-electron chi connectivity index (χ2n) is 4.05. The number of anilines is 1. The van der Waals surface area contributed by atoms with Crippen molar-refractivity contribution in [2.24, 2.45) is 0 Å². The predicted octanol–water partition coefficient (Wildman–Crippen LogP) is 3.20. The summed E-state index contributed by atoms with van der Waals surface area (Å²) < 4.78 is 0. The summed E-state index contributed by atoms with van der Waals surface area (Å²) in [4.78, 5) is 4.57. The molecular formula is C13H16N2. The molecular weight excluding hydrogens is 184 g/mol. The van der Waals surface area contributed by atoms with Gasteiger partial charge in [0.25, 0.3) is 0 Å². The van der Waals surface area contributed by atoms with Gasteiger partial charge in [0.05, 0.1) is 5.52 Å². The van der Waals surface area contributed by atoms with Crippen LogP contribution in [0.1, 0.15) is 16.7 Å². The molecule has 0 aliphatic rings. The number of fused-ring (bicyclic) bond motifs is 1. The minimum absolute atomic E-state index is 0.935. The highest BCUT2D eigenvalue weighted by Gasteiger charge is 2.05. The van der Waals surface area contributed by atoms with Gasteiger partial charge in [0.1, 0.15) is 5.82 Å². The lowest BCUT2D eigenvalue weighted by Gasteiger charge is -2.09. The van der Waals surface area contributed by atoms with E-state index in [1.807, 2.05) is 7.05 Å². The van der Waals surface area contributed by atoms with Gasteiger partial charge in [-0.3, -0.25) is 0 Å². The van der Waals surface area contributed by atoms with E-state index in [-0.39, 0.29) is 0 Å². The summed E-state index contributed by atoms with van der Waals surface area (Å²) >= 11 is 0. The Morgan fingerprint density at radius 1 is 1.00 bits per heavy atom. The zero-order valence-electron chi connectivity index (χ0n) is 9.68. The van der Waals surface area contributed by atoms with Crippen LogP contribution in [0.4, 0.5) is 5.82 Å². The Labute approximate surface area is 90.3 Å². The van der Waals surface area contributed by atoms with Crippen LogP contribution in [0.2, 0.25) is 0 Å². The van der Waals surface area contributed by atoms with Gasteiger partial charge in [0.2, 0.25) is 0 Å². The first kappa shape index (κ1) is 9.97. The van der Waals surface area contributed by atoms with Gasteiger partial charge in [0.15, 0.2) is 0 Å². The standard InChI is InChI=1S/C13H16N2/c1-8-5-9(2)13-10(3)7-12(14-4)15-11(13)6-8/h5-7H,1-4H3,(H,14,15). The van der Waals surface area contributed by atoms with Crippen molar-refractivity contribution < 1.29 is 0 Å². The van der Waals surface area contributed by atoms with Crippen LogP contribution in [0.25, 0.3) is 10.9 Å². The first-order valence-electron chi connectivity index (χ1n) is 5.18. The molecule has 0 bridgehead atoms. The summed E-state index contributed by atoms with van der Waals surface area (Å²) in [7, 11) is 1.90. The highest BCUT2D eigenvalue weighted by atomic mass is 15.0. The Morgan fingerprint density at radius 2 is 1.67 bits per heavy atom. The molecule has 0 fully saturated rings. The van der Waals surface area contributed by atoms with E-state index < -0.39 is 0 Å². The first-order valence-corrected chi connectivity index (χ1v) is 5.18. The van der Waals surface area contributed by atoms with E-state index in [1.54, 1.807) is 0 Å². The molecule has 2 aromatic rings. The lowest BCUT2D eigenvalue weighted by Crippen LogP contribution is -1.95. The summed E-state index contributed by atoms with van der Waals surface area (Å²) in [5, 5.41) is 4.37. The molecule has 0 aliphatic carbocycles. The number of hydrogen-bond acceptors (Lipinski definition) is 2. The molecule has 15 heavy (non-hydrogen) atoms. The number of aryl methyl sites for hydroxylation is 3. The Hall–Kier alpha value is -1.57. The lowest BCUT2D eigenvalue weighted by molar-refractivity contribution is 1.29. The van der Waals surface area contributed by atoms with Gasteiger partial charge in [-0.25, -0.2) is 4.98 Å². The normalized spacial score (nSPS) is 10.7. The predicted molar refractivity (Wildman–Crippen MR) is 65.5 cm³/mol. The fraction of sp³-hybridized carbons (Fsp3) is 0.308. The zero-order valence-corrected chi connectivity index (χ0v) is 9.68. The van der Waals surface area contributed by atoms with Gasteiger partial charge < -0.3 is 5.32 Å². The number of nitrogens with one attached hydrogen (secondary N) is 1. The summed E-state index contributed by atoms with van der Waals surface area (Å²) in [5.74, 6) is 0.935. The molecule has 2 nitrogen and oxygen atoms in total. The largest absolute Gasteiger partial charge is 0.373 e. The number of aromatic nitrogens is 1. The maximum absolute atomic E-state index is 4.57. The molecule has 0 unspecified atom stereocenters. The van der Waals surface area contributed by atoms with Crippen LogP contribution < -0.4 is 5.32 Å². The molecule has 1 heterocycles. The van der Waals surface area contributed by atoms with E-state index in [0.717, 1.165) is 11.3 Å². The minimum atomic E-state index is 0.935. The molecule has 0 atom stereocenters.